The van der Waals surface area contributed by atoms with Gasteiger partial charge in [-0.2, -0.15) is 0 Å². The van der Waals surface area contributed by atoms with Crippen LogP contribution in [0.15, 0.2) is 18.2 Å². The van der Waals surface area contributed by atoms with Gasteiger partial charge in [-0.3, -0.25) is 4.79 Å². The van der Waals surface area contributed by atoms with Gasteiger partial charge in [-0.15, -0.1) is 0 Å². The Morgan fingerprint density at radius 1 is 1.27 bits per heavy atom. The number of ether oxygens (including phenoxy) is 1. The van der Waals surface area contributed by atoms with Crippen molar-refractivity contribution in [1.29, 1.82) is 0 Å². The van der Waals surface area contributed by atoms with E-state index in [1.165, 1.54) is 13.5 Å². The summed E-state index contributed by atoms with van der Waals surface area (Å²) in [6.45, 7) is 0. The number of nitrogens with one attached hydrogen (secondary N) is 1. The van der Waals surface area contributed by atoms with Gasteiger partial charge in [-0.25, -0.2) is 4.79 Å². The highest BCUT2D eigenvalue weighted by molar-refractivity contribution is 6.04. The number of hydrogen-bond acceptors (Lipinski definition) is 3. The summed E-state index contributed by atoms with van der Waals surface area (Å²) in [5.41, 5.74) is 5.92. The zero-order chi connectivity index (χ0) is 16.1. The second-order valence-electron chi connectivity index (χ2n) is 5.58. The van der Waals surface area contributed by atoms with Crippen LogP contribution in [0.5, 0.6) is 5.75 Å². The summed E-state index contributed by atoms with van der Waals surface area (Å²) in [7, 11) is 3.30. The number of carbonyl (C=O) groups excluding carboxylic acids is 2. The molecule has 0 atom stereocenters. The number of amides is 3. The van der Waals surface area contributed by atoms with Crippen LogP contribution < -0.4 is 15.8 Å². The van der Waals surface area contributed by atoms with Crippen molar-refractivity contribution in [3.63, 3.8) is 0 Å². The molecule has 22 heavy (non-hydrogen) atoms. The van der Waals surface area contributed by atoms with E-state index in [1.54, 1.807) is 23.1 Å². The van der Waals surface area contributed by atoms with Gasteiger partial charge in [0.05, 0.1) is 18.4 Å². The number of para-hydroxylation sites is 1. The van der Waals surface area contributed by atoms with E-state index >= 15 is 0 Å². The monoisotopic (exact) mass is 305 g/mol. The number of nitrogens with zero attached hydrogens (tertiary/aromatic N) is 1. The van der Waals surface area contributed by atoms with Crippen molar-refractivity contribution < 1.29 is 14.3 Å². The number of primary amides is 1. The normalized spacial score (nSPS) is 15.2. The minimum Gasteiger partial charge on any atom is -0.495 e. The molecule has 6 nitrogen and oxygen atoms in total. The van der Waals surface area contributed by atoms with Crippen molar-refractivity contribution in [3.05, 3.63) is 23.8 Å². The first-order valence-electron chi connectivity index (χ1n) is 7.55. The van der Waals surface area contributed by atoms with Gasteiger partial charge in [0.25, 0.3) is 5.91 Å². The Morgan fingerprint density at radius 2 is 1.95 bits per heavy atom. The minimum atomic E-state index is -0.723. The molecule has 3 amide bonds. The van der Waals surface area contributed by atoms with Crippen LogP contribution in [-0.4, -0.2) is 37.0 Å². The molecule has 2 rings (SSSR count). The molecule has 120 valence electrons. The number of nitrogens with two attached hydrogens (primary N) is 1. The highest BCUT2D eigenvalue weighted by atomic mass is 16.5. The van der Waals surface area contributed by atoms with Crippen molar-refractivity contribution in [2.75, 3.05) is 19.5 Å². The van der Waals surface area contributed by atoms with E-state index in [2.05, 4.69) is 5.32 Å². The quantitative estimate of drug-likeness (QED) is 0.896. The topological polar surface area (TPSA) is 84.7 Å². The van der Waals surface area contributed by atoms with Gasteiger partial charge in [-0.1, -0.05) is 25.3 Å². The molecule has 1 aliphatic rings. The average molecular weight is 305 g/mol. The van der Waals surface area contributed by atoms with Crippen molar-refractivity contribution in [2.45, 2.75) is 38.1 Å². The molecule has 0 saturated heterocycles. The molecule has 0 aliphatic heterocycles. The fourth-order valence-corrected chi connectivity index (χ4v) is 2.96. The first-order chi connectivity index (χ1) is 10.5. The van der Waals surface area contributed by atoms with Crippen LogP contribution in [0.1, 0.15) is 42.5 Å². The molecule has 1 aliphatic carbocycles. The Balaban J connectivity index is 2.29. The van der Waals surface area contributed by atoms with Crippen LogP contribution in [0.2, 0.25) is 0 Å². The lowest BCUT2D eigenvalue weighted by atomic mass is 9.94. The number of hydrogen-bond donors (Lipinski definition) is 2. The lowest BCUT2D eigenvalue weighted by Gasteiger charge is -2.31. The molecule has 6 heteroatoms. The average Bonchev–Trinajstić information content (AvgIpc) is 2.54. The summed E-state index contributed by atoms with van der Waals surface area (Å²) in [5.74, 6) is 0.288. The molecule has 0 aromatic heterocycles. The van der Waals surface area contributed by atoms with E-state index in [1.807, 2.05) is 7.05 Å². The van der Waals surface area contributed by atoms with E-state index in [-0.39, 0.29) is 11.9 Å². The van der Waals surface area contributed by atoms with Gasteiger partial charge in [0, 0.05) is 13.1 Å². The van der Waals surface area contributed by atoms with Crippen LogP contribution in [0.25, 0.3) is 0 Å². The molecule has 0 bridgehead atoms. The second kappa shape index (κ2) is 7.15. The van der Waals surface area contributed by atoms with E-state index < -0.39 is 6.03 Å². The van der Waals surface area contributed by atoms with Gasteiger partial charge in [0.15, 0.2) is 0 Å². The van der Waals surface area contributed by atoms with Crippen molar-refractivity contribution in [3.8, 4) is 5.75 Å². The lowest BCUT2D eigenvalue weighted by molar-refractivity contribution is 0.0697. The van der Waals surface area contributed by atoms with E-state index in [9.17, 15) is 9.59 Å². The number of methoxy groups -OCH3 is 1. The first-order valence-corrected chi connectivity index (χ1v) is 7.55. The molecular weight excluding hydrogens is 282 g/mol. The maximum atomic E-state index is 12.8. The molecular formula is C16H23N3O3. The van der Waals surface area contributed by atoms with Gasteiger partial charge in [-0.05, 0) is 25.0 Å². The summed E-state index contributed by atoms with van der Waals surface area (Å²) in [4.78, 5) is 25.8. The SMILES string of the molecule is COc1cccc(C(=O)N(C)C2CCCCC2)c1NC(N)=O. The van der Waals surface area contributed by atoms with Crippen molar-refractivity contribution in [2.24, 2.45) is 5.73 Å². The highest BCUT2D eigenvalue weighted by Gasteiger charge is 2.26. The van der Waals surface area contributed by atoms with Crippen molar-refractivity contribution in [1.82, 2.24) is 4.90 Å². The van der Waals surface area contributed by atoms with Crippen LogP contribution in [0, 0.1) is 0 Å². The molecule has 1 fully saturated rings. The third kappa shape index (κ3) is 3.50. The molecule has 0 spiro atoms. The predicted octanol–water partition coefficient (Wildman–Crippen LogP) is 2.59. The maximum absolute atomic E-state index is 12.8. The van der Waals surface area contributed by atoms with Crippen molar-refractivity contribution >= 4 is 17.6 Å². The Hall–Kier alpha value is -2.24. The fraction of sp³-hybridized carbons (Fsp3) is 0.500. The zero-order valence-corrected chi connectivity index (χ0v) is 13.1. The Morgan fingerprint density at radius 3 is 2.55 bits per heavy atom. The van der Waals surface area contributed by atoms with Crippen LogP contribution in [-0.2, 0) is 0 Å². The number of anilines is 1. The predicted molar refractivity (Wildman–Crippen MR) is 85.2 cm³/mol. The van der Waals surface area contributed by atoms with Crippen LogP contribution in [0.3, 0.4) is 0 Å². The largest absolute Gasteiger partial charge is 0.495 e. The van der Waals surface area contributed by atoms with E-state index in [0.29, 0.717) is 17.0 Å². The molecule has 0 unspecified atom stereocenters. The van der Waals surface area contributed by atoms with Crippen LogP contribution >= 0.6 is 0 Å². The summed E-state index contributed by atoms with van der Waals surface area (Å²) in [6, 6.07) is 4.61. The fourth-order valence-electron chi connectivity index (χ4n) is 2.96. The molecule has 0 heterocycles. The number of benzene rings is 1. The lowest BCUT2D eigenvalue weighted by Crippen LogP contribution is -2.38. The van der Waals surface area contributed by atoms with Gasteiger partial charge < -0.3 is 20.7 Å². The third-order valence-corrected chi connectivity index (χ3v) is 4.17. The summed E-state index contributed by atoms with van der Waals surface area (Å²) in [5, 5.41) is 2.50. The summed E-state index contributed by atoms with van der Waals surface area (Å²) >= 11 is 0. The van der Waals surface area contributed by atoms with Gasteiger partial charge in [0.1, 0.15) is 5.75 Å². The summed E-state index contributed by atoms with van der Waals surface area (Å²) in [6.07, 6.45) is 5.56. The molecule has 0 radical (unpaired) electrons. The van der Waals surface area contributed by atoms with E-state index in [0.717, 1.165) is 25.7 Å². The number of urea groups is 1. The number of rotatable bonds is 4. The maximum Gasteiger partial charge on any atom is 0.316 e. The van der Waals surface area contributed by atoms with Gasteiger partial charge in [0.2, 0.25) is 0 Å². The standard InChI is InChI=1S/C16H23N3O3/c1-19(11-7-4-3-5-8-11)15(20)12-9-6-10-13(22-2)14(12)18-16(17)21/h6,9-11H,3-5,7-8H2,1-2H3,(H3,17,18,21). The molecule has 1 saturated carbocycles. The highest BCUT2D eigenvalue weighted by Crippen LogP contribution is 2.30. The Labute approximate surface area is 130 Å². The Bertz CT molecular complexity index is 554. The molecule has 1 aromatic rings. The van der Waals surface area contributed by atoms with Gasteiger partial charge >= 0.3 is 6.03 Å². The zero-order valence-electron chi connectivity index (χ0n) is 13.1. The number of carbonyl (C=O) groups is 2. The molecule has 1 aromatic carbocycles. The molecule has 3 N–H and O–H groups in total. The first kappa shape index (κ1) is 16.1. The minimum absolute atomic E-state index is 0.130. The Kier molecular flexibility index (Phi) is 5.25. The smallest absolute Gasteiger partial charge is 0.316 e. The summed E-state index contributed by atoms with van der Waals surface area (Å²) < 4.78 is 5.22. The second-order valence-corrected chi connectivity index (χ2v) is 5.58. The van der Waals surface area contributed by atoms with E-state index in [4.69, 9.17) is 10.5 Å². The van der Waals surface area contributed by atoms with Crippen LogP contribution in [0.4, 0.5) is 10.5 Å². The third-order valence-electron chi connectivity index (χ3n) is 4.17.